The summed E-state index contributed by atoms with van der Waals surface area (Å²) in [5.74, 6) is -0.774. The Balaban J connectivity index is 2.14. The largest absolute Gasteiger partial charge is 0.494 e. The van der Waals surface area contributed by atoms with Crippen LogP contribution in [0.15, 0.2) is 48.5 Å². The monoisotopic (exact) mass is 351 g/mol. The van der Waals surface area contributed by atoms with E-state index in [-0.39, 0.29) is 22.5 Å². The summed E-state index contributed by atoms with van der Waals surface area (Å²) in [7, 11) is 0. The Kier molecular flexibility index (Phi) is 4.81. The third-order valence-electron chi connectivity index (χ3n) is 3.84. The zero-order valence-electron chi connectivity index (χ0n) is 14.0. The fourth-order valence-corrected chi connectivity index (χ4v) is 2.64. The molecule has 0 amide bonds. The van der Waals surface area contributed by atoms with Crippen LogP contribution in [0.1, 0.15) is 12.5 Å². The summed E-state index contributed by atoms with van der Waals surface area (Å²) in [5.41, 5.74) is 7.51. The minimum atomic E-state index is -0.773. The number of aromatic nitrogens is 1. The van der Waals surface area contributed by atoms with Crippen molar-refractivity contribution >= 4 is 5.82 Å². The van der Waals surface area contributed by atoms with E-state index in [1.165, 1.54) is 6.07 Å². The molecule has 26 heavy (non-hydrogen) atoms. The SMILES string of the molecule is CCOc1ccc(-c2cc(-c3ccc(F)cc3F)c(C#N)c(N)n2)cc1. The number of hydrogen-bond donors (Lipinski definition) is 1. The summed E-state index contributed by atoms with van der Waals surface area (Å²) < 4.78 is 32.8. The van der Waals surface area contributed by atoms with E-state index in [2.05, 4.69) is 4.98 Å². The summed E-state index contributed by atoms with van der Waals surface area (Å²) in [5, 5.41) is 9.38. The molecular weight excluding hydrogens is 336 g/mol. The van der Waals surface area contributed by atoms with E-state index in [0.29, 0.717) is 18.1 Å². The van der Waals surface area contributed by atoms with Crippen molar-refractivity contribution in [3.8, 4) is 34.2 Å². The van der Waals surface area contributed by atoms with Crippen LogP contribution in [0, 0.1) is 23.0 Å². The van der Waals surface area contributed by atoms with Gasteiger partial charge in [-0.3, -0.25) is 0 Å². The molecule has 1 heterocycles. The Bertz CT molecular complexity index is 995. The number of pyridine rings is 1. The number of halogens is 2. The zero-order chi connectivity index (χ0) is 18.7. The Morgan fingerprint density at radius 2 is 1.81 bits per heavy atom. The maximum Gasteiger partial charge on any atom is 0.142 e. The number of rotatable bonds is 4. The van der Waals surface area contributed by atoms with Crippen LogP contribution in [0.4, 0.5) is 14.6 Å². The molecule has 3 rings (SSSR count). The predicted octanol–water partition coefficient (Wildman–Crippen LogP) is 4.55. The molecule has 6 heteroatoms. The van der Waals surface area contributed by atoms with Crippen LogP contribution < -0.4 is 10.5 Å². The van der Waals surface area contributed by atoms with Gasteiger partial charge in [0.2, 0.25) is 0 Å². The second-order valence-corrected chi connectivity index (χ2v) is 5.51. The highest BCUT2D eigenvalue weighted by atomic mass is 19.1. The van der Waals surface area contributed by atoms with Gasteiger partial charge in [-0.1, -0.05) is 0 Å². The average molecular weight is 351 g/mol. The van der Waals surface area contributed by atoms with Gasteiger partial charge in [-0.25, -0.2) is 13.8 Å². The van der Waals surface area contributed by atoms with Gasteiger partial charge >= 0.3 is 0 Å². The second-order valence-electron chi connectivity index (χ2n) is 5.51. The number of benzene rings is 2. The average Bonchev–Trinajstić information content (AvgIpc) is 2.62. The van der Waals surface area contributed by atoms with Gasteiger partial charge in [0.25, 0.3) is 0 Å². The molecule has 3 aromatic rings. The molecule has 0 aliphatic carbocycles. The summed E-state index contributed by atoms with van der Waals surface area (Å²) in [6, 6.07) is 13.9. The van der Waals surface area contributed by atoms with Crippen LogP contribution >= 0.6 is 0 Å². The highest BCUT2D eigenvalue weighted by Gasteiger charge is 2.16. The van der Waals surface area contributed by atoms with Gasteiger partial charge in [-0.2, -0.15) is 5.26 Å². The maximum atomic E-state index is 14.2. The lowest BCUT2D eigenvalue weighted by atomic mass is 9.98. The minimum Gasteiger partial charge on any atom is -0.494 e. The van der Waals surface area contributed by atoms with Gasteiger partial charge in [0, 0.05) is 22.8 Å². The van der Waals surface area contributed by atoms with Crippen molar-refractivity contribution in [1.29, 1.82) is 5.26 Å². The van der Waals surface area contributed by atoms with E-state index < -0.39 is 11.6 Å². The Morgan fingerprint density at radius 3 is 2.42 bits per heavy atom. The molecule has 0 atom stereocenters. The van der Waals surface area contributed by atoms with Crippen LogP contribution in [0.3, 0.4) is 0 Å². The molecule has 130 valence electrons. The molecule has 0 radical (unpaired) electrons. The van der Waals surface area contributed by atoms with Gasteiger partial charge in [0.15, 0.2) is 0 Å². The van der Waals surface area contributed by atoms with Crippen molar-refractivity contribution in [3.05, 3.63) is 65.7 Å². The number of hydrogen-bond acceptors (Lipinski definition) is 4. The van der Waals surface area contributed by atoms with Crippen LogP contribution in [0.2, 0.25) is 0 Å². The van der Waals surface area contributed by atoms with E-state index in [9.17, 15) is 14.0 Å². The Labute approximate surface area is 149 Å². The quantitative estimate of drug-likeness (QED) is 0.749. The fourth-order valence-electron chi connectivity index (χ4n) is 2.64. The summed E-state index contributed by atoms with van der Waals surface area (Å²) in [4.78, 5) is 4.24. The molecule has 0 aliphatic rings. The predicted molar refractivity (Wildman–Crippen MR) is 95.3 cm³/mol. The normalized spacial score (nSPS) is 10.4. The van der Waals surface area contributed by atoms with Crippen molar-refractivity contribution in [2.45, 2.75) is 6.92 Å². The topological polar surface area (TPSA) is 71.9 Å². The highest BCUT2D eigenvalue weighted by Crippen LogP contribution is 2.33. The summed E-state index contributed by atoms with van der Waals surface area (Å²) >= 11 is 0. The van der Waals surface area contributed by atoms with Crippen molar-refractivity contribution in [3.63, 3.8) is 0 Å². The van der Waals surface area contributed by atoms with Gasteiger partial charge < -0.3 is 10.5 Å². The molecule has 0 spiro atoms. The number of ether oxygens (including phenoxy) is 1. The van der Waals surface area contributed by atoms with Crippen LogP contribution in [0.5, 0.6) is 5.75 Å². The van der Waals surface area contributed by atoms with Gasteiger partial charge in [0.05, 0.1) is 12.3 Å². The maximum absolute atomic E-state index is 14.2. The first-order valence-corrected chi connectivity index (χ1v) is 7.92. The van der Waals surface area contributed by atoms with E-state index in [1.54, 1.807) is 30.3 Å². The first-order chi connectivity index (χ1) is 12.5. The van der Waals surface area contributed by atoms with Crippen LogP contribution in [-0.2, 0) is 0 Å². The number of nitriles is 1. The minimum absolute atomic E-state index is 0.0161. The Morgan fingerprint density at radius 1 is 1.08 bits per heavy atom. The molecule has 0 saturated heterocycles. The molecule has 0 bridgehead atoms. The van der Waals surface area contributed by atoms with Crippen LogP contribution in [-0.4, -0.2) is 11.6 Å². The standard InChI is InChI=1S/C20H15F2N3O/c1-2-26-14-6-3-12(4-7-14)19-10-16(17(11-23)20(24)25-19)15-8-5-13(21)9-18(15)22/h3-10H,2H2,1H3,(H2,24,25). The van der Waals surface area contributed by atoms with Crippen molar-refractivity contribution in [2.75, 3.05) is 12.3 Å². The summed E-state index contributed by atoms with van der Waals surface area (Å²) in [6.45, 7) is 2.44. The molecule has 0 unspecified atom stereocenters. The van der Waals surface area contributed by atoms with Crippen LogP contribution in [0.25, 0.3) is 22.4 Å². The lowest BCUT2D eigenvalue weighted by Gasteiger charge is -2.11. The van der Waals surface area contributed by atoms with E-state index in [4.69, 9.17) is 10.5 Å². The molecule has 1 aromatic heterocycles. The molecule has 0 fully saturated rings. The second kappa shape index (κ2) is 7.19. The fraction of sp³-hybridized carbons (Fsp3) is 0.100. The van der Waals surface area contributed by atoms with Crippen molar-refractivity contribution in [1.82, 2.24) is 4.98 Å². The lowest BCUT2D eigenvalue weighted by Crippen LogP contribution is -2.01. The van der Waals surface area contributed by atoms with Gasteiger partial charge in [-0.05, 0) is 49.4 Å². The van der Waals surface area contributed by atoms with E-state index >= 15 is 0 Å². The zero-order valence-corrected chi connectivity index (χ0v) is 14.0. The molecule has 2 N–H and O–H groups in total. The molecule has 0 aliphatic heterocycles. The number of nitrogens with two attached hydrogens (primary N) is 1. The highest BCUT2D eigenvalue weighted by molar-refractivity contribution is 5.80. The van der Waals surface area contributed by atoms with Crippen molar-refractivity contribution < 1.29 is 13.5 Å². The Hall–Kier alpha value is -3.46. The molecular formula is C20H15F2N3O. The van der Waals surface area contributed by atoms with E-state index in [0.717, 1.165) is 17.7 Å². The lowest BCUT2D eigenvalue weighted by molar-refractivity contribution is 0.340. The molecule has 0 saturated carbocycles. The number of nitrogens with zero attached hydrogens (tertiary/aromatic N) is 2. The first kappa shape index (κ1) is 17.4. The summed E-state index contributed by atoms with van der Waals surface area (Å²) in [6.07, 6.45) is 0. The van der Waals surface area contributed by atoms with Crippen molar-refractivity contribution in [2.24, 2.45) is 0 Å². The smallest absolute Gasteiger partial charge is 0.142 e. The van der Waals surface area contributed by atoms with Gasteiger partial charge in [-0.15, -0.1) is 0 Å². The first-order valence-electron chi connectivity index (χ1n) is 7.92. The molecule has 4 nitrogen and oxygen atoms in total. The number of anilines is 1. The number of nitrogen functional groups attached to an aromatic ring is 1. The third-order valence-corrected chi connectivity index (χ3v) is 3.84. The van der Waals surface area contributed by atoms with Gasteiger partial charge in [0.1, 0.15) is 34.8 Å². The third kappa shape index (κ3) is 3.33. The molecule has 2 aromatic carbocycles. The van der Waals surface area contributed by atoms with E-state index in [1.807, 2.05) is 13.0 Å².